The molecule has 1 aromatic rings. The first-order chi connectivity index (χ1) is 15.8. The van der Waals surface area contributed by atoms with Gasteiger partial charge in [0.1, 0.15) is 5.67 Å². The highest BCUT2D eigenvalue weighted by atomic mass is 79.9. The summed E-state index contributed by atoms with van der Waals surface area (Å²) in [5, 5.41) is 13.0. The van der Waals surface area contributed by atoms with Gasteiger partial charge in [-0.2, -0.15) is 0 Å². The quantitative estimate of drug-likeness (QED) is 0.554. The Balaban J connectivity index is 1.36. The molecule has 7 rings (SSSR count). The first kappa shape index (κ1) is 22.0. The number of fused-ring (bicyclic) bond motifs is 2. The fourth-order valence-electron chi connectivity index (χ4n) is 8.64. The third kappa shape index (κ3) is 3.48. The van der Waals surface area contributed by atoms with Crippen LogP contribution in [-0.4, -0.2) is 45.7 Å². The van der Waals surface area contributed by atoms with E-state index in [2.05, 4.69) is 21.5 Å². The molecule has 1 amide bonds. The molecule has 178 valence electrons. The van der Waals surface area contributed by atoms with E-state index in [1.807, 2.05) is 18.2 Å². The number of hydrogen-bond acceptors (Lipinski definition) is 3. The molecule has 0 aromatic heterocycles. The number of amides is 1. The topological polar surface area (TPSA) is 69.6 Å². The van der Waals surface area contributed by atoms with Gasteiger partial charge in [0.05, 0.1) is 22.6 Å². The predicted molar refractivity (Wildman–Crippen MR) is 126 cm³/mol. The van der Waals surface area contributed by atoms with Crippen molar-refractivity contribution in [2.75, 3.05) is 13.1 Å². The summed E-state index contributed by atoms with van der Waals surface area (Å²) in [5.74, 6) is 0.0220. The Morgan fingerprint density at radius 2 is 1.82 bits per heavy atom. The van der Waals surface area contributed by atoms with Crippen LogP contribution in [0, 0.1) is 17.8 Å². The van der Waals surface area contributed by atoms with Crippen molar-refractivity contribution in [1.82, 2.24) is 9.24 Å². The lowest BCUT2D eigenvalue weighted by Gasteiger charge is -2.58. The second kappa shape index (κ2) is 7.77. The number of carbonyl (C=O) groups is 2. The summed E-state index contributed by atoms with van der Waals surface area (Å²) in [5.41, 5.74) is 1.66. The molecule has 1 saturated heterocycles. The number of rotatable bonds is 4. The molecule has 5 aliphatic carbocycles. The molecule has 3 atom stereocenters. The van der Waals surface area contributed by atoms with Crippen molar-refractivity contribution < 1.29 is 19.1 Å². The molecule has 1 aliphatic heterocycles. The fraction of sp³-hybridized carbons (Fsp3) is 0.692. The Hall–Kier alpha value is -1.47. The molecule has 2 N–H and O–H groups in total. The lowest BCUT2D eigenvalue weighted by molar-refractivity contribution is -0.137. The highest BCUT2D eigenvalue weighted by Gasteiger charge is 2.58. The number of halogens is 2. The smallest absolute Gasteiger partial charge is 0.303 e. The van der Waals surface area contributed by atoms with Crippen molar-refractivity contribution >= 4 is 28.0 Å². The van der Waals surface area contributed by atoms with Gasteiger partial charge in [0.15, 0.2) is 0 Å². The summed E-state index contributed by atoms with van der Waals surface area (Å²) in [4.78, 5) is 25.6. The Labute approximate surface area is 202 Å². The first-order valence-corrected chi connectivity index (χ1v) is 13.2. The molecular weight excluding hydrogens is 487 g/mol. The van der Waals surface area contributed by atoms with E-state index < -0.39 is 11.6 Å². The van der Waals surface area contributed by atoms with Crippen LogP contribution in [0.3, 0.4) is 0 Å². The van der Waals surface area contributed by atoms with Crippen LogP contribution >= 0.6 is 16.1 Å². The summed E-state index contributed by atoms with van der Waals surface area (Å²) in [6, 6.07) is 5.91. The highest BCUT2D eigenvalue weighted by molar-refractivity contribution is 9.07. The van der Waals surface area contributed by atoms with Crippen LogP contribution in [-0.2, 0) is 10.2 Å². The number of carboxylic acids is 1. The van der Waals surface area contributed by atoms with Crippen LogP contribution in [0.15, 0.2) is 18.2 Å². The van der Waals surface area contributed by atoms with E-state index in [1.165, 1.54) is 0 Å². The van der Waals surface area contributed by atoms with Crippen LogP contribution in [0.4, 0.5) is 4.39 Å². The third-order valence-electron chi connectivity index (χ3n) is 9.52. The van der Waals surface area contributed by atoms with Crippen molar-refractivity contribution in [3.63, 3.8) is 0 Å². The lowest BCUT2D eigenvalue weighted by Crippen LogP contribution is -2.59. The number of nitrogens with one attached hydrogen (secondary N) is 1. The van der Waals surface area contributed by atoms with Crippen molar-refractivity contribution in [2.24, 2.45) is 17.8 Å². The number of benzene rings is 1. The Kier molecular flexibility index (Phi) is 5.19. The maximum absolute atomic E-state index is 15.2. The van der Waals surface area contributed by atoms with Gasteiger partial charge in [-0.25, -0.2) is 4.39 Å². The highest BCUT2D eigenvalue weighted by Crippen LogP contribution is 2.59. The predicted octanol–water partition coefficient (Wildman–Crippen LogP) is 4.94. The van der Waals surface area contributed by atoms with Gasteiger partial charge in [-0.15, -0.1) is 0 Å². The van der Waals surface area contributed by atoms with Crippen LogP contribution in [0.5, 0.6) is 0 Å². The molecular formula is C26H32BrFN2O3. The van der Waals surface area contributed by atoms with Crippen molar-refractivity contribution in [3.05, 3.63) is 34.9 Å². The normalized spacial score (nSPS) is 37.8. The minimum atomic E-state index is -1.03. The first-order valence-electron chi connectivity index (χ1n) is 12.5. The monoisotopic (exact) mass is 518 g/mol. The molecule has 7 heteroatoms. The number of carboxylic acid groups (broad SMARTS) is 1. The number of aliphatic carboxylic acids is 1. The van der Waals surface area contributed by atoms with Crippen molar-refractivity contribution in [2.45, 2.75) is 80.8 Å². The van der Waals surface area contributed by atoms with Gasteiger partial charge in [0, 0.05) is 11.6 Å². The molecule has 3 unspecified atom stereocenters. The van der Waals surface area contributed by atoms with Crippen LogP contribution in [0.2, 0.25) is 0 Å². The minimum Gasteiger partial charge on any atom is -0.481 e. The number of hydrogen-bond donors (Lipinski definition) is 2. The zero-order valence-corrected chi connectivity index (χ0v) is 20.4. The van der Waals surface area contributed by atoms with Crippen molar-refractivity contribution in [3.8, 4) is 0 Å². The van der Waals surface area contributed by atoms with Gasteiger partial charge in [-0.05, 0) is 111 Å². The third-order valence-corrected chi connectivity index (χ3v) is 10.3. The number of alkyl halides is 1. The zero-order valence-electron chi connectivity index (χ0n) is 18.9. The van der Waals surface area contributed by atoms with Gasteiger partial charge in [-0.3, -0.25) is 13.5 Å². The molecule has 4 bridgehead atoms. The van der Waals surface area contributed by atoms with E-state index in [0.29, 0.717) is 30.7 Å². The summed E-state index contributed by atoms with van der Waals surface area (Å²) in [7, 11) is 0. The maximum Gasteiger partial charge on any atom is 0.303 e. The van der Waals surface area contributed by atoms with E-state index >= 15 is 4.39 Å². The number of nitrogens with zero attached hydrogens (tertiary/aromatic N) is 1. The standard InChI is InChI=1S/C26H32BrFN2O3/c27-30(23-17-8-15-9-18(23)14-26(28,11-15)13-17)24(33)20-3-1-2-19-16(10-21(31)32)12-25(22(19)20)4-6-29-7-5-25/h1-3,15-18,23,29H,4-14H2,(H,31,32). The SMILES string of the molecule is O=C(O)CC1CC2(CCNCC2)c2c(C(=O)N(Br)C3C4CC5CC3CC(F)(C5)C4)cccc21. The second-order valence-corrected chi connectivity index (χ2v) is 12.3. The van der Waals surface area contributed by atoms with Crippen LogP contribution in [0.1, 0.15) is 85.2 Å². The Bertz CT molecular complexity index is 978. The summed E-state index contributed by atoms with van der Waals surface area (Å²) in [6.45, 7) is 1.76. The molecule has 1 spiro atoms. The molecule has 1 aromatic carbocycles. The van der Waals surface area contributed by atoms with Gasteiger partial charge >= 0.3 is 5.97 Å². The summed E-state index contributed by atoms with van der Waals surface area (Å²) >= 11 is 3.68. The fourth-order valence-corrected chi connectivity index (χ4v) is 9.50. The van der Waals surface area contributed by atoms with Crippen LogP contribution in [0.25, 0.3) is 0 Å². The molecule has 5 fully saturated rings. The van der Waals surface area contributed by atoms with E-state index in [-0.39, 0.29) is 41.5 Å². The summed E-state index contributed by atoms with van der Waals surface area (Å²) < 4.78 is 17.0. The average Bonchev–Trinajstić information content (AvgIpc) is 3.04. The largest absolute Gasteiger partial charge is 0.481 e. The van der Waals surface area contributed by atoms with E-state index in [0.717, 1.165) is 56.3 Å². The molecule has 6 aliphatic rings. The second-order valence-electron chi connectivity index (χ2n) is 11.5. The van der Waals surface area contributed by atoms with E-state index in [9.17, 15) is 14.7 Å². The van der Waals surface area contributed by atoms with Gasteiger partial charge in [0.25, 0.3) is 5.91 Å². The molecule has 33 heavy (non-hydrogen) atoms. The van der Waals surface area contributed by atoms with Gasteiger partial charge in [0.2, 0.25) is 0 Å². The number of carbonyl (C=O) groups excluding carboxylic acids is 1. The minimum absolute atomic E-state index is 0.0360. The lowest BCUT2D eigenvalue weighted by atomic mass is 9.53. The zero-order chi connectivity index (χ0) is 23.0. The Morgan fingerprint density at radius 1 is 1.12 bits per heavy atom. The molecule has 5 nitrogen and oxygen atoms in total. The molecule has 4 saturated carbocycles. The maximum atomic E-state index is 15.2. The number of piperidine rings is 1. The van der Waals surface area contributed by atoms with E-state index in [4.69, 9.17) is 0 Å². The summed E-state index contributed by atoms with van der Waals surface area (Å²) in [6.07, 6.45) is 6.63. The Morgan fingerprint density at radius 3 is 2.45 bits per heavy atom. The molecule has 1 heterocycles. The van der Waals surface area contributed by atoms with Gasteiger partial charge < -0.3 is 10.4 Å². The van der Waals surface area contributed by atoms with Crippen molar-refractivity contribution in [1.29, 1.82) is 0 Å². The van der Waals surface area contributed by atoms with E-state index in [1.54, 1.807) is 3.93 Å². The van der Waals surface area contributed by atoms with Crippen LogP contribution < -0.4 is 5.32 Å². The average molecular weight is 519 g/mol. The van der Waals surface area contributed by atoms with Gasteiger partial charge in [-0.1, -0.05) is 12.1 Å². The molecule has 0 radical (unpaired) electrons.